The quantitative estimate of drug-likeness (QED) is 0.748. The molecule has 1 unspecified atom stereocenters. The van der Waals surface area contributed by atoms with Gasteiger partial charge in [-0.1, -0.05) is 39.3 Å². The average molecular weight is 302 g/mol. The van der Waals surface area contributed by atoms with E-state index in [9.17, 15) is 5.11 Å². The lowest BCUT2D eigenvalue weighted by Gasteiger charge is -2.58. The van der Waals surface area contributed by atoms with Gasteiger partial charge >= 0.3 is 0 Å². The van der Waals surface area contributed by atoms with Crippen LogP contribution in [0, 0.1) is 22.7 Å². The fraction of sp³-hybridized carbons (Fsp3) is 0.700. The number of furan rings is 1. The van der Waals surface area contributed by atoms with E-state index in [4.69, 9.17) is 4.42 Å². The third-order valence-corrected chi connectivity index (χ3v) is 6.71. The minimum atomic E-state index is -0.443. The van der Waals surface area contributed by atoms with Crippen molar-refractivity contribution < 1.29 is 9.52 Å². The Bertz CT molecular complexity index is 528. The summed E-state index contributed by atoms with van der Waals surface area (Å²) in [6.45, 7) is 11.7. The molecule has 4 atom stereocenters. The minimum absolute atomic E-state index is 0.280. The van der Waals surface area contributed by atoms with Gasteiger partial charge in [0.05, 0.1) is 18.6 Å². The number of aliphatic hydroxyl groups is 1. The molecule has 0 saturated heterocycles. The van der Waals surface area contributed by atoms with Crippen LogP contribution < -0.4 is 0 Å². The molecule has 0 spiro atoms. The minimum Gasteiger partial charge on any atom is -0.472 e. The van der Waals surface area contributed by atoms with Crippen LogP contribution in [-0.2, 0) is 0 Å². The smallest absolute Gasteiger partial charge is 0.0960 e. The molecule has 2 aliphatic rings. The van der Waals surface area contributed by atoms with Crippen LogP contribution in [0.15, 0.2) is 35.2 Å². The van der Waals surface area contributed by atoms with Gasteiger partial charge < -0.3 is 9.52 Å². The van der Waals surface area contributed by atoms with Gasteiger partial charge in [0.1, 0.15) is 0 Å². The fourth-order valence-corrected chi connectivity index (χ4v) is 5.53. The van der Waals surface area contributed by atoms with Gasteiger partial charge in [0.15, 0.2) is 0 Å². The highest BCUT2D eigenvalue weighted by atomic mass is 16.3. The summed E-state index contributed by atoms with van der Waals surface area (Å²) in [6.07, 6.45) is 9.92. The predicted octanol–water partition coefficient (Wildman–Crippen LogP) is 5.50. The van der Waals surface area contributed by atoms with Gasteiger partial charge in [0, 0.05) is 5.56 Å². The predicted molar refractivity (Wildman–Crippen MR) is 89.4 cm³/mol. The third kappa shape index (κ3) is 2.56. The van der Waals surface area contributed by atoms with Crippen molar-refractivity contribution in [1.82, 2.24) is 0 Å². The molecule has 22 heavy (non-hydrogen) atoms. The zero-order valence-electron chi connectivity index (χ0n) is 14.3. The van der Waals surface area contributed by atoms with E-state index >= 15 is 0 Å². The second kappa shape index (κ2) is 5.56. The maximum Gasteiger partial charge on any atom is 0.0960 e. The van der Waals surface area contributed by atoms with Crippen LogP contribution in [0.1, 0.15) is 71.0 Å². The van der Waals surface area contributed by atoms with Crippen LogP contribution in [0.3, 0.4) is 0 Å². The maximum atomic E-state index is 10.6. The molecule has 3 rings (SSSR count). The molecule has 2 nitrogen and oxygen atoms in total. The summed E-state index contributed by atoms with van der Waals surface area (Å²) in [5.41, 5.74) is 2.93. The van der Waals surface area contributed by atoms with Gasteiger partial charge in [0.2, 0.25) is 0 Å². The van der Waals surface area contributed by atoms with Gasteiger partial charge in [-0.15, -0.1) is 0 Å². The first-order valence-electron chi connectivity index (χ1n) is 8.72. The van der Waals surface area contributed by atoms with E-state index in [0.717, 1.165) is 24.3 Å². The second-order valence-electron chi connectivity index (χ2n) is 8.46. The second-order valence-corrected chi connectivity index (χ2v) is 8.46. The topological polar surface area (TPSA) is 33.4 Å². The molecule has 0 aromatic carbocycles. The van der Waals surface area contributed by atoms with Crippen LogP contribution in [0.5, 0.6) is 0 Å². The van der Waals surface area contributed by atoms with Crippen molar-refractivity contribution >= 4 is 0 Å². The molecule has 122 valence electrons. The molecule has 0 radical (unpaired) electrons. The Morgan fingerprint density at radius 3 is 2.82 bits per heavy atom. The zero-order chi connectivity index (χ0) is 16.0. The standard InChI is InChI=1S/C20H30O2/c1-14-6-7-18-19(2,3)9-5-10-20(18,4)16(14)12-17(21)15-8-11-22-13-15/h8,11,13,16-18,21H,1,5-7,9-10,12H2,2-4H3/t16-,17?,18-,20-/m1/s1. The maximum absolute atomic E-state index is 10.6. The van der Waals surface area contributed by atoms with Crippen molar-refractivity contribution in [2.24, 2.45) is 22.7 Å². The van der Waals surface area contributed by atoms with Crippen molar-refractivity contribution in [3.8, 4) is 0 Å². The Labute approximate surface area is 134 Å². The van der Waals surface area contributed by atoms with Gasteiger partial charge in [-0.2, -0.15) is 0 Å². The highest BCUT2D eigenvalue weighted by molar-refractivity contribution is 5.18. The average Bonchev–Trinajstić information content (AvgIpc) is 2.96. The van der Waals surface area contributed by atoms with E-state index < -0.39 is 6.10 Å². The van der Waals surface area contributed by atoms with Gasteiger partial charge in [-0.05, 0) is 60.8 Å². The first-order chi connectivity index (χ1) is 10.3. The molecule has 2 aliphatic carbocycles. The highest BCUT2D eigenvalue weighted by Gasteiger charge is 2.53. The van der Waals surface area contributed by atoms with Crippen LogP contribution >= 0.6 is 0 Å². The van der Waals surface area contributed by atoms with E-state index in [2.05, 4.69) is 27.4 Å². The molecular formula is C20H30O2. The summed E-state index contributed by atoms with van der Waals surface area (Å²) in [4.78, 5) is 0. The number of aliphatic hydroxyl groups excluding tert-OH is 1. The molecule has 2 heteroatoms. The van der Waals surface area contributed by atoms with Crippen LogP contribution in [0.25, 0.3) is 0 Å². The molecule has 2 saturated carbocycles. The Hall–Kier alpha value is -1.02. The molecular weight excluding hydrogens is 272 g/mol. The zero-order valence-corrected chi connectivity index (χ0v) is 14.3. The van der Waals surface area contributed by atoms with Crippen molar-refractivity contribution in [2.45, 2.75) is 65.4 Å². The Morgan fingerprint density at radius 2 is 2.14 bits per heavy atom. The van der Waals surface area contributed by atoms with Gasteiger partial charge in [0.25, 0.3) is 0 Å². The third-order valence-electron chi connectivity index (χ3n) is 6.71. The Morgan fingerprint density at radius 1 is 1.36 bits per heavy atom. The van der Waals surface area contributed by atoms with E-state index in [0.29, 0.717) is 11.3 Å². The highest BCUT2D eigenvalue weighted by Crippen LogP contribution is 2.62. The number of hydrogen-bond donors (Lipinski definition) is 1. The van der Waals surface area contributed by atoms with Gasteiger partial charge in [-0.25, -0.2) is 0 Å². The number of fused-ring (bicyclic) bond motifs is 1. The Balaban J connectivity index is 1.86. The summed E-state index contributed by atoms with van der Waals surface area (Å²) < 4.78 is 5.13. The van der Waals surface area contributed by atoms with Crippen LogP contribution in [0.4, 0.5) is 0 Å². The van der Waals surface area contributed by atoms with Crippen molar-refractivity contribution in [3.63, 3.8) is 0 Å². The van der Waals surface area contributed by atoms with Crippen LogP contribution in [-0.4, -0.2) is 5.11 Å². The largest absolute Gasteiger partial charge is 0.472 e. The first-order valence-corrected chi connectivity index (χ1v) is 8.72. The molecule has 1 N–H and O–H groups in total. The lowest BCUT2D eigenvalue weighted by atomic mass is 9.47. The molecule has 0 amide bonds. The van der Waals surface area contributed by atoms with E-state index in [1.54, 1.807) is 12.5 Å². The lowest BCUT2D eigenvalue weighted by molar-refractivity contribution is -0.0638. The normalized spacial score (nSPS) is 35.9. The van der Waals surface area contributed by atoms with E-state index in [-0.39, 0.29) is 5.41 Å². The summed E-state index contributed by atoms with van der Waals surface area (Å²) in [7, 11) is 0. The fourth-order valence-electron chi connectivity index (χ4n) is 5.53. The Kier molecular flexibility index (Phi) is 4.01. The van der Waals surface area contributed by atoms with Crippen molar-refractivity contribution in [2.75, 3.05) is 0 Å². The van der Waals surface area contributed by atoms with Gasteiger partial charge in [-0.3, -0.25) is 0 Å². The summed E-state index contributed by atoms with van der Waals surface area (Å²) >= 11 is 0. The number of allylic oxidation sites excluding steroid dienone is 1. The number of hydrogen-bond acceptors (Lipinski definition) is 2. The molecule has 0 bridgehead atoms. The number of rotatable bonds is 3. The van der Waals surface area contributed by atoms with Crippen molar-refractivity contribution in [3.05, 3.63) is 36.3 Å². The summed E-state index contributed by atoms with van der Waals surface area (Å²) in [5, 5.41) is 10.6. The van der Waals surface area contributed by atoms with E-state index in [1.165, 1.54) is 31.3 Å². The summed E-state index contributed by atoms with van der Waals surface area (Å²) in [6, 6.07) is 1.88. The molecule has 0 aliphatic heterocycles. The SMILES string of the molecule is C=C1CC[C@@H]2C(C)(C)CCC[C@]2(C)[C@@H]1CC(O)c1ccoc1. The monoisotopic (exact) mass is 302 g/mol. The van der Waals surface area contributed by atoms with Crippen LogP contribution in [0.2, 0.25) is 0 Å². The summed E-state index contributed by atoms with van der Waals surface area (Å²) in [5.74, 6) is 1.15. The lowest BCUT2D eigenvalue weighted by Crippen LogP contribution is -2.49. The molecule has 1 aromatic rings. The van der Waals surface area contributed by atoms with Crippen molar-refractivity contribution in [1.29, 1.82) is 0 Å². The molecule has 2 fully saturated rings. The molecule has 1 aromatic heterocycles. The van der Waals surface area contributed by atoms with E-state index in [1.807, 2.05) is 6.07 Å². The first kappa shape index (κ1) is 15.9. The molecule has 1 heterocycles.